The van der Waals surface area contributed by atoms with Crippen molar-refractivity contribution in [3.8, 4) is 0 Å². The first kappa shape index (κ1) is 21.1. The molecule has 2 aromatic rings. The summed E-state index contributed by atoms with van der Waals surface area (Å²) in [5.74, 6) is -2.17. The van der Waals surface area contributed by atoms with E-state index >= 15 is 0 Å². The Balaban J connectivity index is 2.13. The molecule has 0 heterocycles. The lowest BCUT2D eigenvalue weighted by Gasteiger charge is -2.22. The molecule has 0 saturated heterocycles. The third-order valence-corrected chi connectivity index (χ3v) is 4.23. The molecule has 0 unspecified atom stereocenters. The van der Waals surface area contributed by atoms with Gasteiger partial charge >= 0.3 is 5.97 Å². The minimum absolute atomic E-state index is 0.0000627. The molecule has 0 radical (unpaired) electrons. The Kier molecular flexibility index (Phi) is 6.87. The van der Waals surface area contributed by atoms with Gasteiger partial charge in [0, 0.05) is 18.7 Å². The number of rotatable bonds is 7. The smallest absolute Gasteiger partial charge is 0.339 e. The summed E-state index contributed by atoms with van der Waals surface area (Å²) in [4.78, 5) is 37.4. The van der Waals surface area contributed by atoms with Crippen LogP contribution in [0.15, 0.2) is 36.4 Å². The number of primary amides is 1. The van der Waals surface area contributed by atoms with Gasteiger partial charge in [-0.05, 0) is 56.2 Å². The highest BCUT2D eigenvalue weighted by Crippen LogP contribution is 2.19. The Hall–Kier alpha value is -3.22. The highest BCUT2D eigenvalue weighted by Gasteiger charge is 2.20. The predicted octanol–water partition coefficient (Wildman–Crippen LogP) is 2.82. The number of carbonyl (C=O) groups excluding carboxylic acids is 3. The number of hydrogen-bond acceptors (Lipinski definition) is 4. The molecule has 148 valence electrons. The highest BCUT2D eigenvalue weighted by molar-refractivity contribution is 5.98. The van der Waals surface area contributed by atoms with Gasteiger partial charge in [0.15, 0.2) is 6.61 Å². The van der Waals surface area contributed by atoms with E-state index in [1.54, 1.807) is 13.8 Å². The molecular formula is C21H23FN2O4. The zero-order valence-electron chi connectivity index (χ0n) is 16.1. The van der Waals surface area contributed by atoms with Crippen molar-refractivity contribution in [2.45, 2.75) is 27.2 Å². The number of esters is 1. The standard InChI is InChI=1S/C21H23FN2O4/c1-13-10-14(2)20(15(3)11-13)21(27)28-12-19(26)24(9-8-18(23)25)17-6-4-16(22)5-7-17/h4-7,10-11H,8-9,12H2,1-3H3,(H2,23,25). The topological polar surface area (TPSA) is 89.7 Å². The van der Waals surface area contributed by atoms with Gasteiger partial charge in [0.2, 0.25) is 5.91 Å². The van der Waals surface area contributed by atoms with E-state index in [1.165, 1.54) is 29.2 Å². The molecule has 0 aliphatic heterocycles. The van der Waals surface area contributed by atoms with Crippen LogP contribution < -0.4 is 10.6 Å². The molecule has 0 aromatic heterocycles. The first-order chi connectivity index (χ1) is 13.2. The molecule has 2 amide bonds. The van der Waals surface area contributed by atoms with Crippen LogP contribution in [-0.2, 0) is 14.3 Å². The first-order valence-electron chi connectivity index (χ1n) is 8.78. The molecule has 0 saturated carbocycles. The number of aryl methyl sites for hydroxylation is 3. The maximum atomic E-state index is 13.2. The summed E-state index contributed by atoms with van der Waals surface area (Å²) >= 11 is 0. The highest BCUT2D eigenvalue weighted by atomic mass is 19.1. The average molecular weight is 386 g/mol. The molecule has 28 heavy (non-hydrogen) atoms. The summed E-state index contributed by atoms with van der Waals surface area (Å²) in [6.07, 6.45) is -0.0761. The van der Waals surface area contributed by atoms with E-state index in [4.69, 9.17) is 10.5 Å². The lowest BCUT2D eigenvalue weighted by Crippen LogP contribution is -2.37. The molecule has 0 fully saturated rings. The van der Waals surface area contributed by atoms with Crippen LogP contribution in [0.3, 0.4) is 0 Å². The number of ether oxygens (including phenoxy) is 1. The molecular weight excluding hydrogens is 363 g/mol. The number of nitrogens with zero attached hydrogens (tertiary/aromatic N) is 1. The van der Waals surface area contributed by atoms with Gasteiger partial charge in [-0.25, -0.2) is 9.18 Å². The monoisotopic (exact) mass is 386 g/mol. The van der Waals surface area contributed by atoms with Gasteiger partial charge in [0.25, 0.3) is 5.91 Å². The van der Waals surface area contributed by atoms with Crippen molar-refractivity contribution in [1.29, 1.82) is 0 Å². The van der Waals surface area contributed by atoms with Crippen molar-refractivity contribution in [2.75, 3.05) is 18.1 Å². The Bertz CT molecular complexity index is 871. The van der Waals surface area contributed by atoms with Crippen molar-refractivity contribution in [3.63, 3.8) is 0 Å². The maximum Gasteiger partial charge on any atom is 0.339 e. The molecule has 0 aliphatic rings. The number of halogens is 1. The summed E-state index contributed by atoms with van der Waals surface area (Å²) in [6.45, 7) is 5.02. The summed E-state index contributed by atoms with van der Waals surface area (Å²) in [6, 6.07) is 8.94. The number of carbonyl (C=O) groups is 3. The molecule has 0 aliphatic carbocycles. The second-order valence-corrected chi connectivity index (χ2v) is 6.59. The zero-order valence-corrected chi connectivity index (χ0v) is 16.1. The van der Waals surface area contributed by atoms with Gasteiger partial charge in [-0.15, -0.1) is 0 Å². The van der Waals surface area contributed by atoms with Crippen LogP contribution in [0.5, 0.6) is 0 Å². The van der Waals surface area contributed by atoms with E-state index in [1.807, 2.05) is 19.1 Å². The molecule has 2 N–H and O–H groups in total. The summed E-state index contributed by atoms with van der Waals surface area (Å²) < 4.78 is 18.4. The second kappa shape index (κ2) is 9.12. The minimum Gasteiger partial charge on any atom is -0.452 e. The maximum absolute atomic E-state index is 13.2. The van der Waals surface area contributed by atoms with Crippen LogP contribution in [-0.4, -0.2) is 30.9 Å². The Labute approximate surface area is 163 Å². The number of anilines is 1. The molecule has 7 heteroatoms. The lowest BCUT2D eigenvalue weighted by molar-refractivity contribution is -0.121. The van der Waals surface area contributed by atoms with Crippen molar-refractivity contribution >= 4 is 23.5 Å². The van der Waals surface area contributed by atoms with Crippen molar-refractivity contribution in [3.05, 3.63) is 64.5 Å². The number of amides is 2. The third-order valence-electron chi connectivity index (χ3n) is 4.23. The van der Waals surface area contributed by atoms with Crippen LogP contribution in [0.25, 0.3) is 0 Å². The minimum atomic E-state index is -0.600. The zero-order chi connectivity index (χ0) is 20.8. The van der Waals surface area contributed by atoms with E-state index in [-0.39, 0.29) is 13.0 Å². The van der Waals surface area contributed by atoms with E-state index in [0.29, 0.717) is 11.3 Å². The molecule has 6 nitrogen and oxygen atoms in total. The van der Waals surface area contributed by atoms with E-state index < -0.39 is 30.2 Å². The summed E-state index contributed by atoms with van der Waals surface area (Å²) in [7, 11) is 0. The SMILES string of the molecule is Cc1cc(C)c(C(=O)OCC(=O)N(CCC(N)=O)c2ccc(F)cc2)c(C)c1. The Morgan fingerprint density at radius 3 is 2.14 bits per heavy atom. The fourth-order valence-corrected chi connectivity index (χ4v) is 3.02. The Morgan fingerprint density at radius 2 is 1.61 bits per heavy atom. The molecule has 2 rings (SSSR count). The van der Waals surface area contributed by atoms with E-state index in [0.717, 1.165) is 16.7 Å². The average Bonchev–Trinajstić information content (AvgIpc) is 2.60. The largest absolute Gasteiger partial charge is 0.452 e. The first-order valence-corrected chi connectivity index (χ1v) is 8.78. The van der Waals surface area contributed by atoms with Gasteiger partial charge in [-0.1, -0.05) is 17.7 Å². The van der Waals surface area contributed by atoms with E-state index in [9.17, 15) is 18.8 Å². The predicted molar refractivity (Wildman–Crippen MR) is 103 cm³/mol. The van der Waals surface area contributed by atoms with Crippen LogP contribution in [0.2, 0.25) is 0 Å². The van der Waals surface area contributed by atoms with Gasteiger partial charge < -0.3 is 15.4 Å². The van der Waals surface area contributed by atoms with Crippen LogP contribution in [0.4, 0.5) is 10.1 Å². The fraction of sp³-hybridized carbons (Fsp3) is 0.286. The van der Waals surface area contributed by atoms with E-state index in [2.05, 4.69) is 0 Å². The lowest BCUT2D eigenvalue weighted by atomic mass is 10.00. The summed E-state index contributed by atoms with van der Waals surface area (Å²) in [5, 5.41) is 0. The van der Waals surface area contributed by atoms with Gasteiger partial charge in [-0.2, -0.15) is 0 Å². The van der Waals surface area contributed by atoms with Gasteiger partial charge in [0.1, 0.15) is 5.82 Å². The van der Waals surface area contributed by atoms with Crippen molar-refractivity contribution in [2.24, 2.45) is 5.73 Å². The normalized spacial score (nSPS) is 10.4. The van der Waals surface area contributed by atoms with Gasteiger partial charge in [-0.3, -0.25) is 9.59 Å². The second-order valence-electron chi connectivity index (χ2n) is 6.59. The van der Waals surface area contributed by atoms with Crippen molar-refractivity contribution < 1.29 is 23.5 Å². The number of nitrogens with two attached hydrogens (primary N) is 1. The number of hydrogen-bond donors (Lipinski definition) is 1. The van der Waals surface area contributed by atoms with Crippen LogP contribution in [0.1, 0.15) is 33.5 Å². The molecule has 0 atom stereocenters. The summed E-state index contributed by atoms with van der Waals surface area (Å²) in [5.41, 5.74) is 8.52. The third kappa shape index (κ3) is 5.39. The van der Waals surface area contributed by atoms with Crippen LogP contribution >= 0.6 is 0 Å². The quantitative estimate of drug-likeness (QED) is 0.741. The Morgan fingerprint density at radius 1 is 1.04 bits per heavy atom. The number of benzene rings is 2. The molecule has 0 bridgehead atoms. The fourth-order valence-electron chi connectivity index (χ4n) is 3.02. The van der Waals surface area contributed by atoms with Gasteiger partial charge in [0.05, 0.1) is 5.56 Å². The van der Waals surface area contributed by atoms with Crippen LogP contribution in [0, 0.1) is 26.6 Å². The van der Waals surface area contributed by atoms with Crippen molar-refractivity contribution in [1.82, 2.24) is 0 Å². The molecule has 2 aromatic carbocycles. The molecule has 0 spiro atoms.